The Hall–Kier alpha value is -2.94. The highest BCUT2D eigenvalue weighted by Crippen LogP contribution is 2.27. The second-order valence-corrected chi connectivity index (χ2v) is 7.55. The topological polar surface area (TPSA) is 71.5 Å². The maximum absolute atomic E-state index is 13.0. The lowest BCUT2D eigenvalue weighted by molar-refractivity contribution is -0.141. The zero-order valence-electron chi connectivity index (χ0n) is 17.3. The highest BCUT2D eigenvalue weighted by molar-refractivity contribution is 5.99. The molecule has 1 unspecified atom stereocenters. The fraction of sp³-hybridized carbons (Fsp3) is 0.409. The van der Waals surface area contributed by atoms with E-state index in [1.807, 2.05) is 26.0 Å². The van der Waals surface area contributed by atoms with Crippen molar-refractivity contribution in [1.82, 2.24) is 9.88 Å². The van der Waals surface area contributed by atoms with Crippen molar-refractivity contribution in [2.45, 2.75) is 39.0 Å². The first-order chi connectivity index (χ1) is 14.6. The zero-order chi connectivity index (χ0) is 22.6. The summed E-state index contributed by atoms with van der Waals surface area (Å²) in [6.45, 7) is 4.29. The number of hydrogen-bond acceptors (Lipinski definition) is 4. The number of rotatable bonds is 6. The van der Waals surface area contributed by atoms with Gasteiger partial charge in [0, 0.05) is 25.0 Å². The lowest BCUT2D eigenvalue weighted by Crippen LogP contribution is -2.42. The molecular weight excluding hydrogens is 411 g/mol. The summed E-state index contributed by atoms with van der Waals surface area (Å²) in [5.74, 6) is -0.979. The summed E-state index contributed by atoms with van der Waals surface area (Å²) in [5, 5.41) is 2.80. The van der Waals surface area contributed by atoms with E-state index in [-0.39, 0.29) is 24.8 Å². The molecule has 1 aliphatic rings. The highest BCUT2D eigenvalue weighted by atomic mass is 19.4. The van der Waals surface area contributed by atoms with Crippen molar-refractivity contribution in [1.29, 1.82) is 0 Å². The Labute approximate surface area is 178 Å². The van der Waals surface area contributed by atoms with E-state index < -0.39 is 23.7 Å². The largest absolute Gasteiger partial charge is 0.433 e. The molecule has 1 fully saturated rings. The molecule has 31 heavy (non-hydrogen) atoms. The number of ether oxygens (including phenoxy) is 1. The van der Waals surface area contributed by atoms with Gasteiger partial charge in [0.1, 0.15) is 12.2 Å². The first-order valence-corrected chi connectivity index (χ1v) is 9.95. The number of aromatic nitrogens is 1. The summed E-state index contributed by atoms with van der Waals surface area (Å²) < 4.78 is 43.9. The number of nitrogens with one attached hydrogen (secondary N) is 1. The number of nitrogens with zero attached hydrogens (tertiary/aromatic N) is 2. The fourth-order valence-electron chi connectivity index (χ4n) is 3.37. The smallest absolute Gasteiger partial charge is 0.376 e. The van der Waals surface area contributed by atoms with Gasteiger partial charge in [-0.3, -0.25) is 14.6 Å². The van der Waals surface area contributed by atoms with Gasteiger partial charge in [0.05, 0.1) is 11.7 Å². The maximum atomic E-state index is 13.0. The Morgan fingerprint density at radius 3 is 2.61 bits per heavy atom. The van der Waals surface area contributed by atoms with Crippen molar-refractivity contribution >= 4 is 17.5 Å². The third kappa shape index (κ3) is 5.81. The highest BCUT2D eigenvalue weighted by Gasteiger charge is 2.33. The molecule has 6 nitrogen and oxygen atoms in total. The predicted molar refractivity (Wildman–Crippen MR) is 109 cm³/mol. The van der Waals surface area contributed by atoms with Crippen LogP contribution in [-0.4, -0.2) is 47.5 Å². The average Bonchev–Trinajstić information content (AvgIpc) is 3.23. The molecule has 1 N–H and O–H groups in total. The molecule has 2 amide bonds. The van der Waals surface area contributed by atoms with Crippen molar-refractivity contribution < 1.29 is 27.5 Å². The standard InChI is InChI=1S/C22H24F3N3O3/c1-14-5-3-7-18(15(14)2)27-20(29)13-28(12-17-6-4-10-31-17)21(30)16-8-9-19(26-11-16)22(23,24)25/h3,5,7-9,11,17H,4,6,10,12-13H2,1-2H3,(H,27,29). The van der Waals surface area contributed by atoms with E-state index >= 15 is 0 Å². The van der Waals surface area contributed by atoms with E-state index in [1.165, 1.54) is 4.90 Å². The number of amides is 2. The summed E-state index contributed by atoms with van der Waals surface area (Å²) in [4.78, 5) is 30.3. The minimum atomic E-state index is -4.59. The van der Waals surface area contributed by atoms with Gasteiger partial charge in [-0.2, -0.15) is 13.2 Å². The van der Waals surface area contributed by atoms with Crippen LogP contribution < -0.4 is 5.32 Å². The van der Waals surface area contributed by atoms with Crippen LogP contribution in [0.5, 0.6) is 0 Å². The van der Waals surface area contributed by atoms with Crippen LogP contribution in [0.2, 0.25) is 0 Å². The van der Waals surface area contributed by atoms with Crippen LogP contribution in [0.3, 0.4) is 0 Å². The number of carbonyl (C=O) groups excluding carboxylic acids is 2. The van der Waals surface area contributed by atoms with Gasteiger partial charge < -0.3 is 15.0 Å². The van der Waals surface area contributed by atoms with Gasteiger partial charge in [-0.1, -0.05) is 12.1 Å². The number of anilines is 1. The van der Waals surface area contributed by atoms with Gasteiger partial charge in [0.2, 0.25) is 5.91 Å². The van der Waals surface area contributed by atoms with Gasteiger partial charge in [0.25, 0.3) is 5.91 Å². The van der Waals surface area contributed by atoms with Crippen LogP contribution in [0.1, 0.15) is 40.0 Å². The monoisotopic (exact) mass is 435 g/mol. The van der Waals surface area contributed by atoms with E-state index in [9.17, 15) is 22.8 Å². The predicted octanol–water partition coefficient (Wildman–Crippen LogP) is 3.98. The maximum Gasteiger partial charge on any atom is 0.433 e. The Balaban J connectivity index is 1.76. The number of carbonyl (C=O) groups is 2. The zero-order valence-corrected chi connectivity index (χ0v) is 17.3. The van der Waals surface area contributed by atoms with Gasteiger partial charge in [0.15, 0.2) is 0 Å². The number of hydrogen-bond donors (Lipinski definition) is 1. The lowest BCUT2D eigenvalue weighted by atomic mass is 10.1. The summed E-state index contributed by atoms with van der Waals surface area (Å²) >= 11 is 0. The minimum Gasteiger partial charge on any atom is -0.376 e. The number of benzene rings is 1. The van der Waals surface area contributed by atoms with Crippen LogP contribution in [0, 0.1) is 13.8 Å². The van der Waals surface area contributed by atoms with E-state index in [0.29, 0.717) is 12.3 Å². The van der Waals surface area contributed by atoms with E-state index in [4.69, 9.17) is 4.74 Å². The van der Waals surface area contributed by atoms with Crippen LogP contribution >= 0.6 is 0 Å². The molecule has 0 bridgehead atoms. The molecule has 3 rings (SSSR count). The van der Waals surface area contributed by atoms with Gasteiger partial charge in [-0.15, -0.1) is 0 Å². The third-order valence-corrected chi connectivity index (χ3v) is 5.25. The van der Waals surface area contributed by atoms with Gasteiger partial charge in [-0.25, -0.2) is 0 Å². The Kier molecular flexibility index (Phi) is 6.94. The minimum absolute atomic E-state index is 0.0227. The summed E-state index contributed by atoms with van der Waals surface area (Å²) in [6, 6.07) is 7.35. The van der Waals surface area contributed by atoms with Crippen LogP contribution in [-0.2, 0) is 15.7 Å². The van der Waals surface area contributed by atoms with Crippen molar-refractivity contribution in [3.8, 4) is 0 Å². The number of aryl methyl sites for hydroxylation is 1. The second-order valence-electron chi connectivity index (χ2n) is 7.55. The van der Waals surface area contributed by atoms with Crippen molar-refractivity contribution in [2.24, 2.45) is 0 Å². The molecule has 1 atom stereocenters. The molecule has 1 aromatic heterocycles. The summed E-state index contributed by atoms with van der Waals surface area (Å²) in [5.41, 5.74) is 1.47. The van der Waals surface area contributed by atoms with E-state index in [0.717, 1.165) is 42.3 Å². The number of halogens is 3. The van der Waals surface area contributed by atoms with Gasteiger partial charge in [-0.05, 0) is 56.0 Å². The number of alkyl halides is 3. The molecule has 2 heterocycles. The van der Waals surface area contributed by atoms with Gasteiger partial charge >= 0.3 is 6.18 Å². The lowest BCUT2D eigenvalue weighted by Gasteiger charge is -2.25. The molecule has 0 radical (unpaired) electrons. The normalized spacial score (nSPS) is 16.2. The Morgan fingerprint density at radius 1 is 1.23 bits per heavy atom. The molecule has 0 saturated carbocycles. The molecule has 0 aliphatic carbocycles. The molecular formula is C22H24F3N3O3. The van der Waals surface area contributed by atoms with E-state index in [2.05, 4.69) is 10.3 Å². The van der Waals surface area contributed by atoms with Crippen LogP contribution in [0.15, 0.2) is 36.5 Å². The molecule has 9 heteroatoms. The van der Waals surface area contributed by atoms with Crippen molar-refractivity contribution in [3.63, 3.8) is 0 Å². The Morgan fingerprint density at radius 2 is 2.00 bits per heavy atom. The summed E-state index contributed by atoms with van der Waals surface area (Å²) in [7, 11) is 0. The molecule has 1 aliphatic heterocycles. The Bertz CT molecular complexity index is 939. The summed E-state index contributed by atoms with van der Waals surface area (Å²) in [6.07, 6.45) is -2.34. The van der Waals surface area contributed by atoms with Crippen molar-refractivity contribution in [2.75, 3.05) is 25.0 Å². The molecule has 0 spiro atoms. The van der Waals surface area contributed by atoms with Crippen LogP contribution in [0.25, 0.3) is 0 Å². The quantitative estimate of drug-likeness (QED) is 0.745. The number of pyridine rings is 1. The van der Waals surface area contributed by atoms with E-state index in [1.54, 1.807) is 6.07 Å². The van der Waals surface area contributed by atoms with Crippen LogP contribution in [0.4, 0.5) is 18.9 Å². The molecule has 2 aromatic rings. The second kappa shape index (κ2) is 9.47. The van der Waals surface area contributed by atoms with Crippen molar-refractivity contribution in [3.05, 3.63) is 58.9 Å². The first kappa shape index (κ1) is 22.7. The molecule has 166 valence electrons. The third-order valence-electron chi connectivity index (χ3n) is 5.25. The molecule has 1 saturated heterocycles. The molecule has 1 aromatic carbocycles. The first-order valence-electron chi connectivity index (χ1n) is 9.95. The fourth-order valence-corrected chi connectivity index (χ4v) is 3.37. The SMILES string of the molecule is Cc1cccc(NC(=O)CN(CC2CCCO2)C(=O)c2ccc(C(F)(F)F)nc2)c1C. The average molecular weight is 435 g/mol.